The number of hydrogen-bond donors (Lipinski definition) is 2. The van der Waals surface area contributed by atoms with Gasteiger partial charge < -0.3 is 15.5 Å². The molecule has 1 heterocycles. The lowest BCUT2D eigenvalue weighted by molar-refractivity contribution is 0.167. The van der Waals surface area contributed by atoms with Gasteiger partial charge in [-0.1, -0.05) is 42.5 Å². The van der Waals surface area contributed by atoms with Gasteiger partial charge in [-0.3, -0.25) is 4.99 Å². The van der Waals surface area contributed by atoms with E-state index in [9.17, 15) is 0 Å². The minimum atomic E-state index is 0. The Morgan fingerprint density at radius 1 is 1.11 bits per heavy atom. The van der Waals surface area contributed by atoms with Gasteiger partial charge in [-0.2, -0.15) is 0 Å². The highest BCUT2D eigenvalue weighted by Crippen LogP contribution is 2.19. The fourth-order valence-corrected chi connectivity index (χ4v) is 3.87. The number of halogens is 1. The molecule has 4 nitrogen and oxygen atoms in total. The first-order chi connectivity index (χ1) is 13.2. The highest BCUT2D eigenvalue weighted by Gasteiger charge is 2.21. The van der Waals surface area contributed by atoms with Crippen molar-refractivity contribution in [1.29, 1.82) is 0 Å². The van der Waals surface area contributed by atoms with Gasteiger partial charge in [-0.15, -0.1) is 24.0 Å². The third-order valence-electron chi connectivity index (χ3n) is 5.48. The van der Waals surface area contributed by atoms with Gasteiger partial charge in [0.15, 0.2) is 5.96 Å². The number of piperidine rings is 1. The van der Waals surface area contributed by atoms with Crippen LogP contribution in [-0.2, 0) is 6.42 Å². The van der Waals surface area contributed by atoms with Gasteiger partial charge in [0.1, 0.15) is 0 Å². The fourth-order valence-electron chi connectivity index (χ4n) is 3.87. The molecule has 2 aromatic carbocycles. The molecule has 1 aliphatic heterocycles. The van der Waals surface area contributed by atoms with Crippen LogP contribution in [0.4, 0.5) is 0 Å². The topological polar surface area (TPSA) is 39.7 Å². The number of likely N-dealkylation sites (tertiary alicyclic amines) is 1. The van der Waals surface area contributed by atoms with Crippen molar-refractivity contribution in [3.8, 4) is 0 Å². The van der Waals surface area contributed by atoms with Crippen molar-refractivity contribution < 1.29 is 0 Å². The molecule has 2 N–H and O–H groups in total. The van der Waals surface area contributed by atoms with E-state index in [0.717, 1.165) is 25.5 Å². The number of rotatable bonds is 6. The zero-order valence-electron chi connectivity index (χ0n) is 17.4. The van der Waals surface area contributed by atoms with Crippen LogP contribution >= 0.6 is 24.0 Å². The maximum absolute atomic E-state index is 4.84. The molecule has 1 fully saturated rings. The molecule has 0 unspecified atom stereocenters. The number of nitrogens with one attached hydrogen (secondary N) is 2. The number of hydrogen-bond acceptors (Lipinski definition) is 2. The van der Waals surface area contributed by atoms with Crippen LogP contribution in [0, 0.1) is 0 Å². The maximum Gasteiger partial charge on any atom is 0.191 e. The quantitative estimate of drug-likeness (QED) is 0.355. The molecule has 0 radical (unpaired) electrons. The summed E-state index contributed by atoms with van der Waals surface area (Å²) in [6, 6.07) is 16.3. The Labute approximate surface area is 187 Å². The van der Waals surface area contributed by atoms with Crippen LogP contribution in [-0.4, -0.2) is 49.1 Å². The van der Waals surface area contributed by atoms with Crippen molar-refractivity contribution in [1.82, 2.24) is 15.5 Å². The smallest absolute Gasteiger partial charge is 0.191 e. The van der Waals surface area contributed by atoms with Gasteiger partial charge in [0.2, 0.25) is 0 Å². The number of aliphatic imine (C=N–C) groups is 1. The van der Waals surface area contributed by atoms with Gasteiger partial charge in [0, 0.05) is 38.3 Å². The summed E-state index contributed by atoms with van der Waals surface area (Å²) in [5, 5.41) is 9.71. The molecule has 0 aromatic heterocycles. The Bertz CT molecular complexity index is 746. The average molecular weight is 494 g/mol. The summed E-state index contributed by atoms with van der Waals surface area (Å²) in [4.78, 5) is 7.40. The molecular formula is C23H35IN4. The summed E-state index contributed by atoms with van der Waals surface area (Å²) >= 11 is 0. The van der Waals surface area contributed by atoms with Crippen molar-refractivity contribution in [2.45, 2.75) is 52.1 Å². The number of benzene rings is 2. The zero-order valence-corrected chi connectivity index (χ0v) is 19.8. The molecule has 0 saturated carbocycles. The van der Waals surface area contributed by atoms with Crippen LogP contribution in [0.25, 0.3) is 10.8 Å². The van der Waals surface area contributed by atoms with Crippen molar-refractivity contribution in [2.75, 3.05) is 26.2 Å². The highest BCUT2D eigenvalue weighted by atomic mass is 127. The van der Waals surface area contributed by atoms with Crippen LogP contribution in [0.3, 0.4) is 0 Å². The van der Waals surface area contributed by atoms with Crippen LogP contribution < -0.4 is 10.6 Å². The van der Waals surface area contributed by atoms with Crippen molar-refractivity contribution >= 4 is 40.7 Å². The van der Waals surface area contributed by atoms with Crippen molar-refractivity contribution in [2.24, 2.45) is 4.99 Å². The Balaban J connectivity index is 0.00000280. The third-order valence-corrected chi connectivity index (χ3v) is 5.48. The number of nitrogens with zero attached hydrogens (tertiary/aromatic N) is 2. The zero-order chi connectivity index (χ0) is 19.1. The second kappa shape index (κ2) is 11.6. The molecule has 5 heteroatoms. The second-order valence-electron chi connectivity index (χ2n) is 7.70. The average Bonchev–Trinajstić information content (AvgIpc) is 2.69. The predicted molar refractivity (Wildman–Crippen MR) is 132 cm³/mol. The van der Waals surface area contributed by atoms with Crippen LogP contribution in [0.15, 0.2) is 47.5 Å². The van der Waals surface area contributed by atoms with E-state index in [4.69, 9.17) is 4.99 Å². The molecular weight excluding hydrogens is 459 g/mol. The maximum atomic E-state index is 4.84. The van der Waals surface area contributed by atoms with E-state index >= 15 is 0 Å². The first-order valence-electron chi connectivity index (χ1n) is 10.4. The lowest BCUT2D eigenvalue weighted by Crippen LogP contribution is -2.49. The Hall–Kier alpha value is -1.34. The van der Waals surface area contributed by atoms with Gasteiger partial charge in [-0.25, -0.2) is 0 Å². The molecule has 2 aromatic rings. The SMILES string of the molecule is CCNC(=NCCc1cccc2ccccc12)NC1CCN(C(C)C)CC1.I. The summed E-state index contributed by atoms with van der Waals surface area (Å²) in [6.45, 7) is 10.7. The lowest BCUT2D eigenvalue weighted by Gasteiger charge is -2.35. The predicted octanol–water partition coefficient (Wildman–Crippen LogP) is 4.43. The minimum absolute atomic E-state index is 0. The van der Waals surface area contributed by atoms with Crippen molar-refractivity contribution in [3.05, 3.63) is 48.0 Å². The Morgan fingerprint density at radius 2 is 1.82 bits per heavy atom. The molecule has 0 atom stereocenters. The van der Waals surface area contributed by atoms with E-state index in [2.05, 4.69) is 78.8 Å². The third kappa shape index (κ3) is 6.34. The summed E-state index contributed by atoms with van der Waals surface area (Å²) < 4.78 is 0. The monoisotopic (exact) mass is 494 g/mol. The van der Waals surface area contributed by atoms with E-state index in [1.54, 1.807) is 0 Å². The van der Waals surface area contributed by atoms with E-state index in [1.165, 1.54) is 42.3 Å². The van der Waals surface area contributed by atoms with Gasteiger partial charge in [0.05, 0.1) is 0 Å². The van der Waals surface area contributed by atoms with Crippen molar-refractivity contribution in [3.63, 3.8) is 0 Å². The molecule has 154 valence electrons. The summed E-state index contributed by atoms with van der Waals surface area (Å²) in [5.41, 5.74) is 1.37. The molecule has 0 aliphatic carbocycles. The molecule has 0 bridgehead atoms. The first-order valence-corrected chi connectivity index (χ1v) is 10.4. The highest BCUT2D eigenvalue weighted by molar-refractivity contribution is 14.0. The summed E-state index contributed by atoms with van der Waals surface area (Å²) in [6.07, 6.45) is 3.33. The fraction of sp³-hybridized carbons (Fsp3) is 0.522. The normalized spacial score (nSPS) is 16.2. The number of fused-ring (bicyclic) bond motifs is 1. The Kier molecular flexibility index (Phi) is 9.51. The molecule has 0 amide bonds. The van der Waals surface area contributed by atoms with Gasteiger partial charge in [0.25, 0.3) is 0 Å². The van der Waals surface area contributed by atoms with Gasteiger partial charge >= 0.3 is 0 Å². The van der Waals surface area contributed by atoms with E-state index in [-0.39, 0.29) is 24.0 Å². The van der Waals surface area contributed by atoms with Crippen LogP contribution in [0.1, 0.15) is 39.2 Å². The largest absolute Gasteiger partial charge is 0.357 e. The summed E-state index contributed by atoms with van der Waals surface area (Å²) in [5.74, 6) is 0.959. The molecule has 0 spiro atoms. The van der Waals surface area contributed by atoms with E-state index < -0.39 is 0 Å². The minimum Gasteiger partial charge on any atom is -0.357 e. The molecule has 3 rings (SSSR count). The van der Waals surface area contributed by atoms with E-state index in [0.29, 0.717) is 12.1 Å². The molecule has 28 heavy (non-hydrogen) atoms. The van der Waals surface area contributed by atoms with E-state index in [1.807, 2.05) is 0 Å². The Morgan fingerprint density at radius 3 is 2.54 bits per heavy atom. The van der Waals surface area contributed by atoms with Crippen LogP contribution in [0.5, 0.6) is 0 Å². The molecule has 1 saturated heterocycles. The first kappa shape index (κ1) is 22.9. The standard InChI is InChI=1S/C23H34N4.HI/c1-4-24-23(26-21-13-16-27(17-14-21)18(2)3)25-15-12-20-10-7-9-19-8-5-6-11-22(19)20;/h5-11,18,21H,4,12-17H2,1-3H3,(H2,24,25,26);1H. The second-order valence-corrected chi connectivity index (χ2v) is 7.70. The lowest BCUT2D eigenvalue weighted by atomic mass is 10.0. The van der Waals surface area contributed by atoms with Crippen LogP contribution in [0.2, 0.25) is 0 Å². The molecule has 1 aliphatic rings. The number of guanidine groups is 1. The summed E-state index contributed by atoms with van der Waals surface area (Å²) in [7, 11) is 0. The van der Waals surface area contributed by atoms with Gasteiger partial charge in [-0.05, 0) is 56.4 Å².